The molecule has 0 radical (unpaired) electrons. The molecule has 2 atom stereocenters. The standard InChI is InChI=1S/C24H28F3N3O3.ClH/c1-29(20(16-30-13-5-6-14-30)17-7-3-2-4-8-17)23(33)22(28-15-21(31)32)18-9-11-19(12-10-18)24(25,26)27;/h2-4,7-12,20,22,28H,5-6,13-16H2,1H3,(H,31,32);1H/t20-,22?;/m1./s1. The maximum atomic E-state index is 13.6. The molecule has 1 saturated heterocycles. The Kier molecular flexibility index (Phi) is 9.90. The molecule has 3 rings (SSSR count). The van der Waals surface area contributed by atoms with Gasteiger partial charge >= 0.3 is 12.1 Å². The zero-order chi connectivity index (χ0) is 24.0. The molecule has 0 saturated carbocycles. The summed E-state index contributed by atoms with van der Waals surface area (Å²) in [5.74, 6) is -1.58. The number of nitrogens with one attached hydrogen (secondary N) is 1. The number of likely N-dealkylation sites (tertiary alicyclic amines) is 1. The Hall–Kier alpha value is -2.62. The third kappa shape index (κ3) is 7.19. The number of alkyl halides is 3. The monoisotopic (exact) mass is 499 g/mol. The third-order valence-corrected chi connectivity index (χ3v) is 5.91. The summed E-state index contributed by atoms with van der Waals surface area (Å²) in [5, 5.41) is 11.8. The normalized spacial score (nSPS) is 15.9. The maximum absolute atomic E-state index is 13.6. The van der Waals surface area contributed by atoms with Crippen molar-refractivity contribution in [2.75, 3.05) is 33.2 Å². The Morgan fingerprint density at radius 3 is 2.15 bits per heavy atom. The Bertz CT molecular complexity index is 936. The van der Waals surface area contributed by atoms with Crippen molar-refractivity contribution in [2.45, 2.75) is 31.1 Å². The number of benzene rings is 2. The van der Waals surface area contributed by atoms with Gasteiger partial charge < -0.3 is 14.9 Å². The topological polar surface area (TPSA) is 72.9 Å². The van der Waals surface area contributed by atoms with E-state index in [1.807, 2.05) is 30.3 Å². The predicted octanol–water partition coefficient (Wildman–Crippen LogP) is 4.14. The first kappa shape index (κ1) is 27.6. The number of carbonyl (C=O) groups is 2. The highest BCUT2D eigenvalue weighted by Crippen LogP contribution is 2.31. The molecule has 2 aromatic carbocycles. The van der Waals surface area contributed by atoms with Gasteiger partial charge in [-0.05, 0) is 49.2 Å². The fraction of sp³-hybridized carbons (Fsp3) is 0.417. The number of hydrogen-bond acceptors (Lipinski definition) is 4. The molecule has 0 bridgehead atoms. The van der Waals surface area contributed by atoms with E-state index >= 15 is 0 Å². The Morgan fingerprint density at radius 2 is 1.62 bits per heavy atom. The molecular formula is C24H29ClF3N3O3. The second kappa shape index (κ2) is 12.2. The fourth-order valence-electron chi connectivity index (χ4n) is 4.10. The summed E-state index contributed by atoms with van der Waals surface area (Å²) in [6.07, 6.45) is -2.32. The Labute approximate surface area is 203 Å². The van der Waals surface area contributed by atoms with Crippen LogP contribution in [-0.2, 0) is 15.8 Å². The van der Waals surface area contributed by atoms with Gasteiger partial charge in [-0.25, -0.2) is 0 Å². The van der Waals surface area contributed by atoms with Gasteiger partial charge in [-0.1, -0.05) is 42.5 Å². The van der Waals surface area contributed by atoms with Gasteiger partial charge in [-0.15, -0.1) is 12.4 Å². The van der Waals surface area contributed by atoms with Crippen LogP contribution in [0.15, 0.2) is 54.6 Å². The van der Waals surface area contributed by atoms with Crippen molar-refractivity contribution < 1.29 is 27.9 Å². The average Bonchev–Trinajstić information content (AvgIpc) is 3.30. The van der Waals surface area contributed by atoms with E-state index in [-0.39, 0.29) is 24.0 Å². The lowest BCUT2D eigenvalue weighted by molar-refractivity contribution is -0.138. The van der Waals surface area contributed by atoms with Crippen molar-refractivity contribution >= 4 is 24.3 Å². The highest BCUT2D eigenvalue weighted by Gasteiger charge is 2.33. The van der Waals surface area contributed by atoms with Gasteiger partial charge in [0.2, 0.25) is 5.91 Å². The lowest BCUT2D eigenvalue weighted by Gasteiger charge is -2.34. The summed E-state index contributed by atoms with van der Waals surface area (Å²) >= 11 is 0. The summed E-state index contributed by atoms with van der Waals surface area (Å²) in [5.41, 5.74) is 0.374. The van der Waals surface area contributed by atoms with E-state index in [9.17, 15) is 22.8 Å². The average molecular weight is 500 g/mol. The van der Waals surface area contributed by atoms with Crippen molar-refractivity contribution in [3.05, 3.63) is 71.3 Å². The minimum absolute atomic E-state index is 0. The van der Waals surface area contributed by atoms with Gasteiger partial charge in [0.25, 0.3) is 0 Å². The van der Waals surface area contributed by atoms with Crippen LogP contribution in [0.4, 0.5) is 13.2 Å². The van der Waals surface area contributed by atoms with Crippen molar-refractivity contribution in [1.29, 1.82) is 0 Å². The zero-order valence-electron chi connectivity index (χ0n) is 18.8. The van der Waals surface area contributed by atoms with Gasteiger partial charge in [-0.2, -0.15) is 13.2 Å². The third-order valence-electron chi connectivity index (χ3n) is 5.91. The van der Waals surface area contributed by atoms with Gasteiger partial charge in [0, 0.05) is 13.6 Å². The molecule has 1 aliphatic rings. The number of nitrogens with zero attached hydrogens (tertiary/aromatic N) is 2. The van der Waals surface area contributed by atoms with Gasteiger partial charge in [0.15, 0.2) is 0 Å². The van der Waals surface area contributed by atoms with E-state index in [1.165, 1.54) is 12.1 Å². The minimum atomic E-state index is -4.50. The summed E-state index contributed by atoms with van der Waals surface area (Å²) in [4.78, 5) is 28.5. The lowest BCUT2D eigenvalue weighted by Crippen LogP contribution is -2.44. The highest BCUT2D eigenvalue weighted by atomic mass is 35.5. The number of amides is 1. The molecule has 1 amide bonds. The molecule has 1 unspecified atom stereocenters. The van der Waals surface area contributed by atoms with Crippen LogP contribution in [0.5, 0.6) is 0 Å². The first-order valence-corrected chi connectivity index (χ1v) is 10.8. The minimum Gasteiger partial charge on any atom is -0.480 e. The van der Waals surface area contributed by atoms with Gasteiger partial charge in [0.1, 0.15) is 6.04 Å². The first-order chi connectivity index (χ1) is 15.7. The van der Waals surface area contributed by atoms with E-state index in [1.54, 1.807) is 11.9 Å². The Balaban J connectivity index is 0.00000408. The number of carbonyl (C=O) groups excluding carboxylic acids is 1. The summed E-state index contributed by atoms with van der Waals surface area (Å²) in [7, 11) is 1.65. The molecule has 2 N–H and O–H groups in total. The SMILES string of the molecule is CN(C(=O)C(NCC(=O)O)c1ccc(C(F)(F)F)cc1)[C@H](CN1CCCC1)c1ccccc1.Cl. The molecule has 1 heterocycles. The van der Waals surface area contributed by atoms with Crippen LogP contribution in [0.25, 0.3) is 0 Å². The second-order valence-corrected chi connectivity index (χ2v) is 8.21. The second-order valence-electron chi connectivity index (χ2n) is 8.21. The zero-order valence-corrected chi connectivity index (χ0v) is 19.6. The molecule has 0 aromatic heterocycles. The van der Waals surface area contributed by atoms with E-state index in [0.29, 0.717) is 6.54 Å². The number of carboxylic acid groups (broad SMARTS) is 1. The van der Waals surface area contributed by atoms with Crippen LogP contribution in [0.3, 0.4) is 0 Å². The van der Waals surface area contributed by atoms with Crippen LogP contribution in [-0.4, -0.2) is 60.0 Å². The lowest BCUT2D eigenvalue weighted by atomic mass is 10.00. The molecule has 1 aliphatic heterocycles. The Morgan fingerprint density at radius 1 is 1.03 bits per heavy atom. The van der Waals surface area contributed by atoms with Gasteiger partial charge in [0.05, 0.1) is 18.2 Å². The van der Waals surface area contributed by atoms with Crippen molar-refractivity contribution in [2.24, 2.45) is 0 Å². The molecule has 2 aromatic rings. The summed E-state index contributed by atoms with van der Waals surface area (Å²) < 4.78 is 38.9. The van der Waals surface area contributed by atoms with Crippen LogP contribution in [0.2, 0.25) is 0 Å². The number of hydrogen-bond donors (Lipinski definition) is 2. The van der Waals surface area contributed by atoms with Gasteiger partial charge in [-0.3, -0.25) is 14.9 Å². The van der Waals surface area contributed by atoms with Crippen LogP contribution >= 0.6 is 12.4 Å². The number of carboxylic acids is 1. The molecule has 186 valence electrons. The van der Waals surface area contributed by atoms with Crippen LogP contribution in [0.1, 0.15) is 41.6 Å². The van der Waals surface area contributed by atoms with E-state index in [0.717, 1.165) is 43.6 Å². The van der Waals surface area contributed by atoms with Crippen molar-refractivity contribution in [3.63, 3.8) is 0 Å². The number of likely N-dealkylation sites (N-methyl/N-ethyl adjacent to an activating group) is 1. The number of halogens is 4. The molecule has 0 spiro atoms. The van der Waals surface area contributed by atoms with E-state index in [4.69, 9.17) is 5.11 Å². The van der Waals surface area contributed by atoms with Crippen LogP contribution < -0.4 is 5.32 Å². The van der Waals surface area contributed by atoms with E-state index in [2.05, 4.69) is 10.2 Å². The number of aliphatic carboxylic acids is 1. The molecule has 10 heteroatoms. The first-order valence-electron chi connectivity index (χ1n) is 10.8. The summed E-state index contributed by atoms with van der Waals surface area (Å²) in [6.45, 7) is 1.98. The molecule has 1 fully saturated rings. The number of rotatable bonds is 9. The quantitative estimate of drug-likeness (QED) is 0.542. The molecule has 6 nitrogen and oxygen atoms in total. The highest BCUT2D eigenvalue weighted by molar-refractivity contribution is 5.85. The molecular weight excluding hydrogens is 471 g/mol. The predicted molar refractivity (Wildman–Crippen MR) is 125 cm³/mol. The largest absolute Gasteiger partial charge is 0.480 e. The van der Waals surface area contributed by atoms with Crippen molar-refractivity contribution in [1.82, 2.24) is 15.1 Å². The maximum Gasteiger partial charge on any atom is 0.416 e. The molecule has 0 aliphatic carbocycles. The fourth-order valence-corrected chi connectivity index (χ4v) is 4.10. The smallest absolute Gasteiger partial charge is 0.416 e. The van der Waals surface area contributed by atoms with E-state index < -0.39 is 36.2 Å². The van der Waals surface area contributed by atoms with Crippen LogP contribution in [0, 0.1) is 0 Å². The summed E-state index contributed by atoms with van der Waals surface area (Å²) in [6, 6.07) is 12.4. The van der Waals surface area contributed by atoms with Crippen molar-refractivity contribution in [3.8, 4) is 0 Å². The molecule has 34 heavy (non-hydrogen) atoms.